The first-order valence-corrected chi connectivity index (χ1v) is 9.17. The second kappa shape index (κ2) is 6.64. The number of H-pyrrole nitrogens is 1. The average molecular weight is 340 g/mol. The van der Waals surface area contributed by atoms with E-state index in [1.54, 1.807) is 0 Å². The number of carbonyl (C=O) groups is 1. The molecule has 1 heterocycles. The number of pyridine rings is 1. The molecular formula is C20H24N2O3. The molecule has 4 atom stereocenters. The summed E-state index contributed by atoms with van der Waals surface area (Å²) in [5.41, 5.74) is 1.33. The molecule has 5 nitrogen and oxygen atoms in total. The van der Waals surface area contributed by atoms with Crippen LogP contribution in [0.5, 0.6) is 0 Å². The van der Waals surface area contributed by atoms with Gasteiger partial charge in [0, 0.05) is 36.1 Å². The van der Waals surface area contributed by atoms with Crippen LogP contribution in [0.2, 0.25) is 0 Å². The molecule has 0 radical (unpaired) electrons. The summed E-state index contributed by atoms with van der Waals surface area (Å²) in [7, 11) is 0. The van der Waals surface area contributed by atoms with E-state index in [-0.39, 0.29) is 30.0 Å². The van der Waals surface area contributed by atoms with Crippen LogP contribution in [-0.4, -0.2) is 28.6 Å². The van der Waals surface area contributed by atoms with Gasteiger partial charge < -0.3 is 15.4 Å². The lowest BCUT2D eigenvalue weighted by Gasteiger charge is -2.30. The predicted octanol–water partition coefficient (Wildman–Crippen LogP) is 1.98. The van der Waals surface area contributed by atoms with E-state index < -0.39 is 0 Å². The molecule has 1 amide bonds. The van der Waals surface area contributed by atoms with Crippen LogP contribution >= 0.6 is 0 Å². The monoisotopic (exact) mass is 340 g/mol. The Labute approximate surface area is 146 Å². The van der Waals surface area contributed by atoms with Gasteiger partial charge in [0.2, 0.25) is 5.91 Å². The molecule has 2 aliphatic rings. The van der Waals surface area contributed by atoms with Crippen LogP contribution in [0.4, 0.5) is 0 Å². The van der Waals surface area contributed by atoms with E-state index in [0.717, 1.165) is 23.7 Å². The fraction of sp³-hybridized carbons (Fsp3) is 0.500. The number of rotatable bonds is 5. The summed E-state index contributed by atoms with van der Waals surface area (Å²) in [5.74, 6) is 1.24. The maximum atomic E-state index is 12.4. The second-order valence-electron chi connectivity index (χ2n) is 7.48. The van der Waals surface area contributed by atoms with Gasteiger partial charge in [-0.2, -0.15) is 0 Å². The van der Waals surface area contributed by atoms with Gasteiger partial charge in [-0.25, -0.2) is 0 Å². The lowest BCUT2D eigenvalue weighted by molar-refractivity contribution is -0.122. The van der Waals surface area contributed by atoms with Crippen molar-refractivity contribution in [2.75, 3.05) is 6.61 Å². The standard InChI is InChI=1S/C20H24N2O3/c23-11-16-12-5-6-14(9-12)19(16)22-18(24)8-7-15-10-13-3-1-2-4-17(13)21-20(15)25/h1-4,10,12,14,16,19,23H,5-9,11H2,(H,21,25)(H,22,24). The van der Waals surface area contributed by atoms with Crippen molar-refractivity contribution in [3.8, 4) is 0 Å². The Morgan fingerprint density at radius 2 is 2.04 bits per heavy atom. The van der Waals surface area contributed by atoms with Gasteiger partial charge in [0.1, 0.15) is 0 Å². The van der Waals surface area contributed by atoms with Crippen LogP contribution in [0.3, 0.4) is 0 Å². The molecular weight excluding hydrogens is 316 g/mol. The maximum absolute atomic E-state index is 12.4. The molecule has 4 rings (SSSR count). The highest BCUT2D eigenvalue weighted by Gasteiger charge is 2.47. The van der Waals surface area contributed by atoms with Crippen molar-refractivity contribution in [2.24, 2.45) is 17.8 Å². The van der Waals surface area contributed by atoms with Crippen LogP contribution in [0.25, 0.3) is 10.9 Å². The summed E-state index contributed by atoms with van der Waals surface area (Å²) >= 11 is 0. The molecule has 0 spiro atoms. The van der Waals surface area contributed by atoms with E-state index in [1.807, 2.05) is 30.3 Å². The molecule has 4 unspecified atom stereocenters. The number of aliphatic hydroxyl groups excluding tert-OH is 1. The van der Waals surface area contributed by atoms with Crippen molar-refractivity contribution in [3.05, 3.63) is 46.2 Å². The van der Waals surface area contributed by atoms with Gasteiger partial charge in [-0.3, -0.25) is 9.59 Å². The molecule has 2 aromatic rings. The molecule has 25 heavy (non-hydrogen) atoms. The number of benzene rings is 1. The Morgan fingerprint density at radius 1 is 1.24 bits per heavy atom. The van der Waals surface area contributed by atoms with Crippen LogP contribution in [-0.2, 0) is 11.2 Å². The zero-order chi connectivity index (χ0) is 17.4. The quantitative estimate of drug-likeness (QED) is 0.778. The number of hydrogen-bond donors (Lipinski definition) is 3. The number of aromatic nitrogens is 1. The fourth-order valence-electron chi connectivity index (χ4n) is 4.78. The number of amides is 1. The molecule has 2 aliphatic carbocycles. The molecule has 2 bridgehead atoms. The van der Waals surface area contributed by atoms with E-state index in [2.05, 4.69) is 10.3 Å². The molecule has 2 fully saturated rings. The highest BCUT2D eigenvalue weighted by atomic mass is 16.3. The van der Waals surface area contributed by atoms with Gasteiger partial charge in [-0.15, -0.1) is 0 Å². The summed E-state index contributed by atoms with van der Waals surface area (Å²) < 4.78 is 0. The van der Waals surface area contributed by atoms with Gasteiger partial charge >= 0.3 is 0 Å². The van der Waals surface area contributed by atoms with Gasteiger partial charge in [-0.05, 0) is 55.0 Å². The Hall–Kier alpha value is -2.14. The Balaban J connectivity index is 1.41. The Morgan fingerprint density at radius 3 is 2.88 bits per heavy atom. The van der Waals surface area contributed by atoms with E-state index in [0.29, 0.717) is 30.2 Å². The smallest absolute Gasteiger partial charge is 0.251 e. The van der Waals surface area contributed by atoms with Crippen LogP contribution in [0.1, 0.15) is 31.2 Å². The number of aromatic amines is 1. The predicted molar refractivity (Wildman–Crippen MR) is 96.2 cm³/mol. The summed E-state index contributed by atoms with van der Waals surface area (Å²) in [4.78, 5) is 27.4. The van der Waals surface area contributed by atoms with Crippen LogP contribution < -0.4 is 10.9 Å². The normalized spacial score (nSPS) is 27.7. The van der Waals surface area contributed by atoms with Crippen molar-refractivity contribution in [1.29, 1.82) is 0 Å². The number of para-hydroxylation sites is 1. The number of carbonyl (C=O) groups excluding carboxylic acids is 1. The van der Waals surface area contributed by atoms with E-state index >= 15 is 0 Å². The second-order valence-corrected chi connectivity index (χ2v) is 7.48. The molecule has 3 N–H and O–H groups in total. The molecule has 132 valence electrons. The molecule has 0 saturated heterocycles. The number of aliphatic hydroxyl groups is 1. The average Bonchev–Trinajstić information content (AvgIpc) is 3.21. The maximum Gasteiger partial charge on any atom is 0.251 e. The van der Waals surface area contributed by atoms with Crippen molar-refractivity contribution < 1.29 is 9.90 Å². The third-order valence-electron chi connectivity index (χ3n) is 6.08. The van der Waals surface area contributed by atoms with Crippen LogP contribution in [0.15, 0.2) is 35.1 Å². The van der Waals surface area contributed by atoms with Crippen molar-refractivity contribution in [3.63, 3.8) is 0 Å². The van der Waals surface area contributed by atoms with E-state index in [4.69, 9.17) is 0 Å². The van der Waals surface area contributed by atoms with Crippen molar-refractivity contribution >= 4 is 16.8 Å². The van der Waals surface area contributed by atoms with Crippen molar-refractivity contribution in [2.45, 2.75) is 38.1 Å². The molecule has 0 aliphatic heterocycles. The molecule has 2 saturated carbocycles. The van der Waals surface area contributed by atoms with Gasteiger partial charge in [0.15, 0.2) is 0 Å². The topological polar surface area (TPSA) is 82.2 Å². The number of nitrogens with one attached hydrogen (secondary N) is 2. The van der Waals surface area contributed by atoms with E-state index in [9.17, 15) is 14.7 Å². The highest BCUT2D eigenvalue weighted by molar-refractivity contribution is 5.79. The van der Waals surface area contributed by atoms with Gasteiger partial charge in [0.05, 0.1) is 0 Å². The summed E-state index contributed by atoms with van der Waals surface area (Å²) in [5, 5.41) is 13.7. The molecule has 5 heteroatoms. The van der Waals surface area contributed by atoms with E-state index in [1.165, 1.54) is 6.42 Å². The minimum Gasteiger partial charge on any atom is -0.396 e. The van der Waals surface area contributed by atoms with Gasteiger partial charge in [-0.1, -0.05) is 18.2 Å². The molecule has 1 aromatic heterocycles. The zero-order valence-electron chi connectivity index (χ0n) is 14.2. The summed E-state index contributed by atoms with van der Waals surface area (Å²) in [6.07, 6.45) is 4.18. The first kappa shape index (κ1) is 16.3. The third kappa shape index (κ3) is 3.09. The Bertz CT molecular complexity index is 844. The lowest BCUT2D eigenvalue weighted by Crippen LogP contribution is -2.45. The molecule has 1 aromatic carbocycles. The van der Waals surface area contributed by atoms with Gasteiger partial charge in [0.25, 0.3) is 5.56 Å². The number of aryl methyl sites for hydroxylation is 1. The number of fused-ring (bicyclic) bond motifs is 3. The highest BCUT2D eigenvalue weighted by Crippen LogP contribution is 2.48. The summed E-state index contributed by atoms with van der Waals surface area (Å²) in [6.45, 7) is 0.149. The number of hydrogen-bond acceptors (Lipinski definition) is 3. The largest absolute Gasteiger partial charge is 0.396 e. The first-order valence-electron chi connectivity index (χ1n) is 9.17. The third-order valence-corrected chi connectivity index (χ3v) is 6.08. The SMILES string of the molecule is O=C(CCc1cc2ccccc2[nH]c1=O)NC1C2CCC(C2)C1CO. The minimum absolute atomic E-state index is 0.0245. The lowest BCUT2D eigenvalue weighted by atomic mass is 9.85. The van der Waals surface area contributed by atoms with Crippen LogP contribution in [0, 0.1) is 17.8 Å². The fourth-order valence-corrected chi connectivity index (χ4v) is 4.78. The first-order chi connectivity index (χ1) is 12.2. The Kier molecular flexibility index (Phi) is 4.34. The van der Waals surface area contributed by atoms with Crippen molar-refractivity contribution in [1.82, 2.24) is 10.3 Å². The summed E-state index contributed by atoms with van der Waals surface area (Å²) in [6, 6.07) is 9.62. The zero-order valence-corrected chi connectivity index (χ0v) is 14.2. The minimum atomic E-state index is -0.125.